The summed E-state index contributed by atoms with van der Waals surface area (Å²) in [4.78, 5) is 18.8. The van der Waals surface area contributed by atoms with E-state index in [0.29, 0.717) is 29.0 Å². The SMILES string of the molecule is Cc1nc(-c2cccc(C(=O)O)c2)no1.Cc1nc(-c2cccc(CO)c2)no1. The van der Waals surface area contributed by atoms with Gasteiger partial charge in [0.25, 0.3) is 0 Å². The molecule has 0 aliphatic heterocycles. The molecule has 2 aromatic carbocycles. The minimum atomic E-state index is -0.975. The lowest BCUT2D eigenvalue weighted by atomic mass is 10.1. The number of aryl methyl sites for hydroxylation is 2. The Kier molecular flexibility index (Phi) is 6.10. The monoisotopic (exact) mass is 394 g/mol. The summed E-state index contributed by atoms with van der Waals surface area (Å²) in [7, 11) is 0. The molecule has 9 heteroatoms. The van der Waals surface area contributed by atoms with Gasteiger partial charge in [-0.15, -0.1) is 0 Å². The lowest BCUT2D eigenvalue weighted by Gasteiger charge is -1.97. The third-order valence-corrected chi connectivity index (χ3v) is 3.79. The van der Waals surface area contributed by atoms with Crippen LogP contribution in [0.2, 0.25) is 0 Å². The quantitative estimate of drug-likeness (QED) is 0.534. The molecule has 2 heterocycles. The molecule has 2 aromatic heterocycles. The Labute approximate surface area is 165 Å². The minimum absolute atomic E-state index is 0.0185. The van der Waals surface area contributed by atoms with Crippen LogP contribution in [0.15, 0.2) is 57.6 Å². The highest BCUT2D eigenvalue weighted by atomic mass is 16.5. The first-order valence-electron chi connectivity index (χ1n) is 8.61. The van der Waals surface area contributed by atoms with E-state index in [1.165, 1.54) is 12.1 Å². The Bertz CT molecular complexity index is 1120. The van der Waals surface area contributed by atoms with Crippen LogP contribution in [0.1, 0.15) is 27.7 Å². The van der Waals surface area contributed by atoms with Gasteiger partial charge in [-0.3, -0.25) is 0 Å². The fourth-order valence-electron chi connectivity index (χ4n) is 2.43. The number of hydrogen-bond acceptors (Lipinski definition) is 8. The number of aliphatic hydroxyl groups excluding tert-OH is 1. The Morgan fingerprint density at radius 2 is 1.45 bits per heavy atom. The lowest BCUT2D eigenvalue weighted by Crippen LogP contribution is -1.96. The maximum absolute atomic E-state index is 10.7. The maximum Gasteiger partial charge on any atom is 0.335 e. The fourth-order valence-corrected chi connectivity index (χ4v) is 2.43. The average Bonchev–Trinajstić information content (AvgIpc) is 3.37. The van der Waals surface area contributed by atoms with Gasteiger partial charge in [0.05, 0.1) is 12.2 Å². The molecule has 0 saturated heterocycles. The molecule has 9 nitrogen and oxygen atoms in total. The summed E-state index contributed by atoms with van der Waals surface area (Å²) in [6.45, 7) is 3.44. The number of carboxylic acids is 1. The number of nitrogens with zero attached hydrogens (tertiary/aromatic N) is 4. The second-order valence-corrected chi connectivity index (χ2v) is 6.02. The summed E-state index contributed by atoms with van der Waals surface area (Å²) in [5.41, 5.74) is 2.53. The molecule has 0 saturated carbocycles. The van der Waals surface area contributed by atoms with Crippen LogP contribution in [-0.2, 0) is 6.61 Å². The zero-order valence-electron chi connectivity index (χ0n) is 15.7. The van der Waals surface area contributed by atoms with E-state index < -0.39 is 5.97 Å². The van der Waals surface area contributed by atoms with Crippen molar-refractivity contribution in [2.24, 2.45) is 0 Å². The number of aromatic nitrogens is 4. The van der Waals surface area contributed by atoms with Crippen molar-refractivity contribution in [3.8, 4) is 22.8 Å². The van der Waals surface area contributed by atoms with Crippen LogP contribution < -0.4 is 0 Å². The number of carbonyl (C=O) groups is 1. The number of aromatic carboxylic acids is 1. The van der Waals surface area contributed by atoms with Gasteiger partial charge in [0.1, 0.15) is 0 Å². The predicted octanol–water partition coefficient (Wildman–Crippen LogP) is 3.28. The summed E-state index contributed by atoms with van der Waals surface area (Å²) in [5.74, 6) is 0.964. The third-order valence-electron chi connectivity index (χ3n) is 3.79. The standard InChI is InChI=1S/C10H8N2O3.C10H10N2O2/c1-6-11-9(12-15-6)7-3-2-4-8(5-7)10(13)14;1-7-11-10(12-14-7)9-4-2-3-8(5-9)6-13/h2-5H,1H3,(H,13,14);2-5,13H,6H2,1H3. The maximum atomic E-state index is 10.7. The molecule has 0 radical (unpaired) electrons. The average molecular weight is 394 g/mol. The molecule has 0 atom stereocenters. The molecule has 29 heavy (non-hydrogen) atoms. The molecule has 0 aliphatic rings. The van der Waals surface area contributed by atoms with Crippen molar-refractivity contribution in [3.05, 3.63) is 71.4 Å². The van der Waals surface area contributed by atoms with E-state index in [-0.39, 0.29) is 12.2 Å². The van der Waals surface area contributed by atoms with Crippen molar-refractivity contribution in [2.45, 2.75) is 20.5 Å². The van der Waals surface area contributed by atoms with Crippen molar-refractivity contribution < 1.29 is 24.1 Å². The minimum Gasteiger partial charge on any atom is -0.478 e. The van der Waals surface area contributed by atoms with Crippen LogP contribution in [0.4, 0.5) is 0 Å². The van der Waals surface area contributed by atoms with Crippen molar-refractivity contribution in [1.29, 1.82) is 0 Å². The molecule has 0 aliphatic carbocycles. The van der Waals surface area contributed by atoms with Gasteiger partial charge in [-0.25, -0.2) is 4.79 Å². The topological polar surface area (TPSA) is 135 Å². The Hall–Kier alpha value is -3.85. The highest BCUT2D eigenvalue weighted by Crippen LogP contribution is 2.18. The van der Waals surface area contributed by atoms with E-state index in [0.717, 1.165) is 11.1 Å². The number of hydrogen-bond donors (Lipinski definition) is 2. The van der Waals surface area contributed by atoms with Crippen LogP contribution in [0.5, 0.6) is 0 Å². The van der Waals surface area contributed by atoms with Crippen LogP contribution in [0, 0.1) is 13.8 Å². The molecule has 0 spiro atoms. The molecule has 0 fully saturated rings. The first-order valence-corrected chi connectivity index (χ1v) is 8.61. The van der Waals surface area contributed by atoms with E-state index >= 15 is 0 Å². The van der Waals surface area contributed by atoms with E-state index in [1.54, 1.807) is 26.0 Å². The molecule has 0 bridgehead atoms. The van der Waals surface area contributed by atoms with Gasteiger partial charge in [0.15, 0.2) is 0 Å². The van der Waals surface area contributed by atoms with Gasteiger partial charge in [-0.1, -0.05) is 40.6 Å². The smallest absolute Gasteiger partial charge is 0.335 e. The zero-order valence-corrected chi connectivity index (χ0v) is 15.7. The Morgan fingerprint density at radius 1 is 0.897 bits per heavy atom. The van der Waals surface area contributed by atoms with Gasteiger partial charge in [-0.2, -0.15) is 9.97 Å². The summed E-state index contributed by atoms with van der Waals surface area (Å²) in [6.07, 6.45) is 0. The van der Waals surface area contributed by atoms with Crippen LogP contribution >= 0.6 is 0 Å². The number of rotatable bonds is 4. The Balaban J connectivity index is 0.000000166. The van der Waals surface area contributed by atoms with E-state index in [9.17, 15) is 4.79 Å². The van der Waals surface area contributed by atoms with E-state index in [4.69, 9.17) is 19.3 Å². The summed E-state index contributed by atoms with van der Waals surface area (Å²) in [5, 5.41) is 25.2. The van der Waals surface area contributed by atoms with Crippen LogP contribution in [-0.4, -0.2) is 36.5 Å². The van der Waals surface area contributed by atoms with Crippen molar-refractivity contribution >= 4 is 5.97 Å². The Morgan fingerprint density at radius 3 is 1.93 bits per heavy atom. The molecule has 0 unspecified atom stereocenters. The van der Waals surface area contributed by atoms with Crippen LogP contribution in [0.25, 0.3) is 22.8 Å². The molecule has 4 rings (SSSR count). The second kappa shape index (κ2) is 8.89. The normalized spacial score (nSPS) is 10.3. The second-order valence-electron chi connectivity index (χ2n) is 6.02. The van der Waals surface area contributed by atoms with Crippen molar-refractivity contribution in [3.63, 3.8) is 0 Å². The van der Waals surface area contributed by atoms with Crippen molar-refractivity contribution in [2.75, 3.05) is 0 Å². The lowest BCUT2D eigenvalue weighted by molar-refractivity contribution is 0.0697. The molecule has 2 N–H and O–H groups in total. The third kappa shape index (κ3) is 5.11. The molecular formula is C20H18N4O5. The van der Waals surface area contributed by atoms with Gasteiger partial charge < -0.3 is 19.3 Å². The molecule has 148 valence electrons. The summed E-state index contributed by atoms with van der Waals surface area (Å²) < 4.78 is 9.68. The first kappa shape index (κ1) is 19.9. The van der Waals surface area contributed by atoms with Gasteiger partial charge in [0.2, 0.25) is 23.4 Å². The van der Waals surface area contributed by atoms with Gasteiger partial charge in [0, 0.05) is 25.0 Å². The number of aliphatic hydroxyl groups is 1. The van der Waals surface area contributed by atoms with Crippen LogP contribution in [0.3, 0.4) is 0 Å². The highest BCUT2D eigenvalue weighted by Gasteiger charge is 2.09. The first-order chi connectivity index (χ1) is 14.0. The predicted molar refractivity (Wildman–Crippen MR) is 102 cm³/mol. The highest BCUT2D eigenvalue weighted by molar-refractivity contribution is 5.89. The zero-order chi connectivity index (χ0) is 20.8. The summed E-state index contributed by atoms with van der Waals surface area (Å²) in [6, 6.07) is 13.8. The molecule has 4 aromatic rings. The number of benzene rings is 2. The van der Waals surface area contributed by atoms with E-state index in [2.05, 4.69) is 20.3 Å². The summed E-state index contributed by atoms with van der Waals surface area (Å²) >= 11 is 0. The largest absolute Gasteiger partial charge is 0.478 e. The van der Waals surface area contributed by atoms with Gasteiger partial charge in [-0.05, 0) is 23.8 Å². The van der Waals surface area contributed by atoms with E-state index in [1.807, 2.05) is 24.3 Å². The molecular weight excluding hydrogens is 376 g/mol. The fraction of sp³-hybridized carbons (Fsp3) is 0.150. The van der Waals surface area contributed by atoms with Gasteiger partial charge >= 0.3 is 5.97 Å². The van der Waals surface area contributed by atoms with Crippen molar-refractivity contribution in [1.82, 2.24) is 20.3 Å². The number of carboxylic acid groups (broad SMARTS) is 1. The molecule has 0 amide bonds.